The molecule has 1 unspecified atom stereocenters. The SMILES string of the molecule is Cc1ccc(F)c(C(Cl)Cc2ccncc2Cl)c1F. The first-order valence-electron chi connectivity index (χ1n) is 5.67. The molecule has 0 N–H and O–H groups in total. The molecule has 2 rings (SSSR count). The zero-order valence-corrected chi connectivity index (χ0v) is 11.6. The smallest absolute Gasteiger partial charge is 0.133 e. The molecule has 5 heteroatoms. The van der Waals surface area contributed by atoms with Gasteiger partial charge in [-0.1, -0.05) is 17.7 Å². The van der Waals surface area contributed by atoms with Crippen molar-refractivity contribution >= 4 is 23.2 Å². The molecule has 1 aromatic heterocycles. The molecule has 0 amide bonds. The minimum atomic E-state index is -0.820. The van der Waals surface area contributed by atoms with E-state index in [9.17, 15) is 8.78 Å². The average Bonchev–Trinajstić information content (AvgIpc) is 2.37. The van der Waals surface area contributed by atoms with Crippen LogP contribution < -0.4 is 0 Å². The fourth-order valence-electron chi connectivity index (χ4n) is 1.83. The Morgan fingerprint density at radius 3 is 2.68 bits per heavy atom. The van der Waals surface area contributed by atoms with Crippen LogP contribution in [0, 0.1) is 18.6 Å². The molecule has 1 aromatic carbocycles. The first-order chi connectivity index (χ1) is 9.00. The number of pyridine rings is 1. The summed E-state index contributed by atoms with van der Waals surface area (Å²) in [5.41, 5.74) is 0.953. The van der Waals surface area contributed by atoms with E-state index in [-0.39, 0.29) is 12.0 Å². The minimum Gasteiger partial charge on any atom is -0.263 e. The highest BCUT2D eigenvalue weighted by molar-refractivity contribution is 6.31. The minimum absolute atomic E-state index is 0.116. The lowest BCUT2D eigenvalue weighted by atomic mass is 10.0. The number of halogens is 4. The monoisotopic (exact) mass is 301 g/mol. The van der Waals surface area contributed by atoms with Crippen molar-refractivity contribution in [3.05, 3.63) is 63.9 Å². The topological polar surface area (TPSA) is 12.9 Å². The van der Waals surface area contributed by atoms with Gasteiger partial charge in [0.1, 0.15) is 11.6 Å². The summed E-state index contributed by atoms with van der Waals surface area (Å²) in [4.78, 5) is 3.85. The Hall–Kier alpha value is -1.19. The maximum Gasteiger partial charge on any atom is 0.133 e. The third-order valence-electron chi connectivity index (χ3n) is 2.89. The quantitative estimate of drug-likeness (QED) is 0.739. The molecular formula is C14H11Cl2F2N. The second-order valence-electron chi connectivity index (χ2n) is 4.23. The van der Waals surface area contributed by atoms with Gasteiger partial charge in [-0.05, 0) is 36.6 Å². The summed E-state index contributed by atoms with van der Waals surface area (Å²) < 4.78 is 27.7. The van der Waals surface area contributed by atoms with Gasteiger partial charge in [0.15, 0.2) is 0 Å². The summed E-state index contributed by atoms with van der Waals surface area (Å²) in [5, 5.41) is -0.388. The number of aryl methyl sites for hydroxylation is 1. The van der Waals surface area contributed by atoms with Crippen LogP contribution in [0.3, 0.4) is 0 Å². The summed E-state index contributed by atoms with van der Waals surface area (Å²) in [7, 11) is 0. The van der Waals surface area contributed by atoms with Crippen LogP contribution in [0.15, 0.2) is 30.6 Å². The van der Waals surface area contributed by atoms with E-state index >= 15 is 0 Å². The van der Waals surface area contributed by atoms with Crippen molar-refractivity contribution in [2.45, 2.75) is 18.7 Å². The first kappa shape index (κ1) is 14.2. The van der Waals surface area contributed by atoms with Crippen molar-refractivity contribution in [3.8, 4) is 0 Å². The Bertz CT molecular complexity index is 602. The van der Waals surface area contributed by atoms with Gasteiger partial charge in [-0.2, -0.15) is 0 Å². The molecule has 0 aliphatic rings. The zero-order valence-electron chi connectivity index (χ0n) is 10.1. The molecule has 0 radical (unpaired) electrons. The van der Waals surface area contributed by atoms with Crippen LogP contribution in [0.25, 0.3) is 0 Å². The predicted octanol–water partition coefficient (Wildman–Crippen LogP) is 4.84. The second-order valence-corrected chi connectivity index (χ2v) is 5.16. The van der Waals surface area contributed by atoms with Crippen molar-refractivity contribution in [1.29, 1.82) is 0 Å². The first-order valence-corrected chi connectivity index (χ1v) is 6.49. The van der Waals surface area contributed by atoms with E-state index in [1.165, 1.54) is 18.3 Å². The summed E-state index contributed by atoms with van der Waals surface area (Å²) in [6.45, 7) is 1.57. The van der Waals surface area contributed by atoms with Crippen LogP contribution in [-0.4, -0.2) is 4.98 Å². The molecule has 19 heavy (non-hydrogen) atoms. The normalized spacial score (nSPS) is 12.5. The molecule has 2 aromatic rings. The summed E-state index contributed by atoms with van der Waals surface area (Å²) in [6, 6.07) is 4.29. The molecule has 1 heterocycles. The number of rotatable bonds is 3. The van der Waals surface area contributed by atoms with Gasteiger partial charge in [-0.25, -0.2) is 8.78 Å². The van der Waals surface area contributed by atoms with Gasteiger partial charge in [0.05, 0.1) is 10.4 Å². The van der Waals surface area contributed by atoms with Crippen molar-refractivity contribution in [2.24, 2.45) is 0 Å². The zero-order chi connectivity index (χ0) is 14.0. The van der Waals surface area contributed by atoms with Gasteiger partial charge in [-0.15, -0.1) is 11.6 Å². The molecule has 0 fully saturated rings. The molecule has 1 nitrogen and oxygen atoms in total. The number of nitrogens with zero attached hydrogens (tertiary/aromatic N) is 1. The summed E-state index contributed by atoms with van der Waals surface area (Å²) >= 11 is 12.1. The van der Waals surface area contributed by atoms with E-state index < -0.39 is 17.0 Å². The maximum absolute atomic E-state index is 13.9. The van der Waals surface area contributed by atoms with Gasteiger partial charge in [0.2, 0.25) is 0 Å². The van der Waals surface area contributed by atoms with Gasteiger partial charge >= 0.3 is 0 Å². The largest absolute Gasteiger partial charge is 0.263 e. The molecular weight excluding hydrogens is 291 g/mol. The highest BCUT2D eigenvalue weighted by Crippen LogP contribution is 2.32. The van der Waals surface area contributed by atoms with Crippen LogP contribution in [-0.2, 0) is 6.42 Å². The van der Waals surface area contributed by atoms with E-state index in [1.807, 2.05) is 0 Å². The van der Waals surface area contributed by atoms with E-state index in [0.717, 1.165) is 0 Å². The Morgan fingerprint density at radius 2 is 2.00 bits per heavy atom. The number of hydrogen-bond acceptors (Lipinski definition) is 1. The van der Waals surface area contributed by atoms with Crippen molar-refractivity contribution in [1.82, 2.24) is 4.98 Å². The van der Waals surface area contributed by atoms with E-state index in [1.54, 1.807) is 19.2 Å². The number of hydrogen-bond donors (Lipinski definition) is 0. The third kappa shape index (κ3) is 3.04. The highest BCUT2D eigenvalue weighted by atomic mass is 35.5. The van der Waals surface area contributed by atoms with Crippen molar-refractivity contribution < 1.29 is 8.78 Å². The maximum atomic E-state index is 13.9. The van der Waals surface area contributed by atoms with Crippen LogP contribution in [0.4, 0.5) is 8.78 Å². The van der Waals surface area contributed by atoms with Gasteiger partial charge < -0.3 is 0 Å². The fraction of sp³-hybridized carbons (Fsp3) is 0.214. The molecule has 0 saturated carbocycles. The molecule has 100 valence electrons. The van der Waals surface area contributed by atoms with E-state index in [2.05, 4.69) is 4.98 Å². The van der Waals surface area contributed by atoms with Gasteiger partial charge in [0, 0.05) is 18.0 Å². The Morgan fingerprint density at radius 1 is 1.26 bits per heavy atom. The number of benzene rings is 1. The average molecular weight is 302 g/mol. The lowest BCUT2D eigenvalue weighted by molar-refractivity contribution is 0.545. The fourth-order valence-corrected chi connectivity index (χ4v) is 2.39. The molecule has 1 atom stereocenters. The molecule has 0 aliphatic heterocycles. The lowest BCUT2D eigenvalue weighted by Gasteiger charge is -2.14. The van der Waals surface area contributed by atoms with Crippen LogP contribution in [0.5, 0.6) is 0 Å². The predicted molar refractivity (Wildman–Crippen MR) is 72.6 cm³/mol. The Balaban J connectivity index is 2.33. The van der Waals surface area contributed by atoms with E-state index in [0.29, 0.717) is 16.1 Å². The lowest BCUT2D eigenvalue weighted by Crippen LogP contribution is -2.04. The summed E-state index contributed by atoms with van der Waals surface area (Å²) in [5.74, 6) is -1.25. The number of alkyl halides is 1. The third-order valence-corrected chi connectivity index (χ3v) is 3.60. The van der Waals surface area contributed by atoms with Crippen molar-refractivity contribution in [2.75, 3.05) is 0 Å². The molecule has 0 bridgehead atoms. The van der Waals surface area contributed by atoms with Crippen molar-refractivity contribution in [3.63, 3.8) is 0 Å². The summed E-state index contributed by atoms with van der Waals surface area (Å²) in [6.07, 6.45) is 3.28. The molecule has 0 spiro atoms. The van der Waals surface area contributed by atoms with Crippen LogP contribution in [0.2, 0.25) is 5.02 Å². The Labute approximate surface area is 120 Å². The van der Waals surface area contributed by atoms with E-state index in [4.69, 9.17) is 23.2 Å². The number of aromatic nitrogens is 1. The van der Waals surface area contributed by atoms with Crippen LogP contribution in [0.1, 0.15) is 22.1 Å². The molecule has 0 aliphatic carbocycles. The Kier molecular flexibility index (Phi) is 4.38. The highest BCUT2D eigenvalue weighted by Gasteiger charge is 2.20. The van der Waals surface area contributed by atoms with Gasteiger partial charge in [-0.3, -0.25) is 4.98 Å². The second kappa shape index (κ2) is 5.85. The standard InChI is InChI=1S/C14H11Cl2F2N/c1-8-2-3-12(17)13(14(8)18)10(15)6-9-4-5-19-7-11(9)16/h2-5,7,10H,6H2,1H3. The van der Waals surface area contributed by atoms with Gasteiger partial charge in [0.25, 0.3) is 0 Å². The molecule has 0 saturated heterocycles. The van der Waals surface area contributed by atoms with Crippen LogP contribution >= 0.6 is 23.2 Å².